The summed E-state index contributed by atoms with van der Waals surface area (Å²) in [5, 5.41) is -1.01. The van der Waals surface area contributed by atoms with Crippen molar-refractivity contribution in [1.29, 1.82) is 0 Å². The number of unbranched alkanes of at least 4 members (excludes halogenated alkanes) is 2. The van der Waals surface area contributed by atoms with Gasteiger partial charge in [0.2, 0.25) is 5.82 Å². The van der Waals surface area contributed by atoms with Crippen molar-refractivity contribution < 1.29 is 31.1 Å². The van der Waals surface area contributed by atoms with Crippen LogP contribution in [0.4, 0.5) is 22.0 Å². The average molecular weight is 531 g/mol. The predicted molar refractivity (Wildman–Crippen MR) is 139 cm³/mol. The fraction of sp³-hybridized carbons (Fsp3) is 0.419. The summed E-state index contributed by atoms with van der Waals surface area (Å²) >= 11 is 0. The number of hydrogen-bond donors (Lipinski definition) is 0. The minimum atomic E-state index is -1.38. The molecule has 0 amide bonds. The molecular weight excluding hydrogens is 499 g/mol. The molecule has 1 saturated carbocycles. The van der Waals surface area contributed by atoms with Crippen LogP contribution in [0.15, 0.2) is 34.7 Å². The molecule has 1 aromatic heterocycles. The topological polar surface area (TPSA) is 22.4 Å². The Labute approximate surface area is 218 Å². The van der Waals surface area contributed by atoms with Gasteiger partial charge in [-0.15, -0.1) is 0 Å². The van der Waals surface area contributed by atoms with Crippen molar-refractivity contribution in [3.63, 3.8) is 0 Å². The minimum Gasteiger partial charge on any atom is -0.491 e. The molecule has 3 aromatic carbocycles. The van der Waals surface area contributed by atoms with E-state index in [9.17, 15) is 8.78 Å². The summed E-state index contributed by atoms with van der Waals surface area (Å²) < 4.78 is 85.6. The summed E-state index contributed by atoms with van der Waals surface area (Å²) in [4.78, 5) is 0. The van der Waals surface area contributed by atoms with E-state index in [1.807, 2.05) is 0 Å². The molecule has 1 heterocycles. The summed E-state index contributed by atoms with van der Waals surface area (Å²) in [6, 6.07) is 6.74. The van der Waals surface area contributed by atoms with Gasteiger partial charge in [0.05, 0.1) is 17.4 Å². The first kappa shape index (κ1) is 26.5. The Balaban J connectivity index is 1.46. The summed E-state index contributed by atoms with van der Waals surface area (Å²) in [6.45, 7) is 3.88. The molecule has 2 nitrogen and oxygen atoms in total. The van der Waals surface area contributed by atoms with Crippen LogP contribution in [0.2, 0.25) is 0 Å². The summed E-state index contributed by atoms with van der Waals surface area (Å²) in [6.07, 6.45) is 8.86. The van der Waals surface area contributed by atoms with Gasteiger partial charge in [-0.25, -0.2) is 17.6 Å². The monoisotopic (exact) mass is 530 g/mol. The number of benzene rings is 3. The highest BCUT2D eigenvalue weighted by Crippen LogP contribution is 2.42. The highest BCUT2D eigenvalue weighted by Gasteiger charge is 2.27. The second-order valence-electron chi connectivity index (χ2n) is 10.3. The molecule has 202 valence electrons. The molecule has 0 spiro atoms. The third-order valence-electron chi connectivity index (χ3n) is 7.89. The Morgan fingerprint density at radius 3 is 2.13 bits per heavy atom. The lowest BCUT2D eigenvalue weighted by molar-refractivity contribution is 0.299. The molecule has 1 aliphatic rings. The standard InChI is InChI=1S/C31H31F5O2/c1-3-5-6-7-17-8-10-18(11-9-17)20-13-12-19(14-22(20)32)21-15-23-26(30(35)28(21)33)27-24(38-23)16-25(37-4-2)29(34)31(27)36/h12-18H,3-11H2,1-2H3. The Kier molecular flexibility index (Phi) is 7.64. The largest absolute Gasteiger partial charge is 0.491 e. The van der Waals surface area contributed by atoms with Crippen molar-refractivity contribution in [2.24, 2.45) is 5.92 Å². The summed E-state index contributed by atoms with van der Waals surface area (Å²) in [7, 11) is 0. The second-order valence-corrected chi connectivity index (χ2v) is 10.3. The highest BCUT2D eigenvalue weighted by atomic mass is 19.2. The fourth-order valence-corrected chi connectivity index (χ4v) is 5.87. The van der Waals surface area contributed by atoms with Crippen LogP contribution < -0.4 is 4.74 Å². The molecule has 0 unspecified atom stereocenters. The van der Waals surface area contributed by atoms with Gasteiger partial charge in [-0.3, -0.25) is 0 Å². The van der Waals surface area contributed by atoms with Gasteiger partial charge >= 0.3 is 0 Å². The molecule has 38 heavy (non-hydrogen) atoms. The van der Waals surface area contributed by atoms with Crippen molar-refractivity contribution in [2.75, 3.05) is 6.61 Å². The van der Waals surface area contributed by atoms with Crippen LogP contribution in [-0.4, -0.2) is 6.61 Å². The van der Waals surface area contributed by atoms with Gasteiger partial charge < -0.3 is 9.15 Å². The average Bonchev–Trinajstić information content (AvgIpc) is 3.28. The summed E-state index contributed by atoms with van der Waals surface area (Å²) in [5.41, 5.74) is 0.161. The van der Waals surface area contributed by atoms with Crippen molar-refractivity contribution in [3.8, 4) is 16.9 Å². The SMILES string of the molecule is CCCCCC1CCC(c2ccc(-c3cc4oc5cc(OCC)c(F)c(F)c5c4c(F)c3F)cc2F)CC1. The number of hydrogen-bond acceptors (Lipinski definition) is 2. The van der Waals surface area contributed by atoms with Gasteiger partial charge in [0, 0.05) is 11.6 Å². The van der Waals surface area contributed by atoms with E-state index in [2.05, 4.69) is 6.92 Å². The zero-order valence-electron chi connectivity index (χ0n) is 21.6. The van der Waals surface area contributed by atoms with E-state index in [4.69, 9.17) is 9.15 Å². The molecule has 0 aliphatic heterocycles. The molecule has 1 fully saturated rings. The van der Waals surface area contributed by atoms with Crippen LogP contribution in [0.25, 0.3) is 33.1 Å². The number of rotatable bonds is 8. The van der Waals surface area contributed by atoms with Crippen LogP contribution in [0.1, 0.15) is 76.7 Å². The van der Waals surface area contributed by atoms with Crippen LogP contribution >= 0.6 is 0 Å². The van der Waals surface area contributed by atoms with Crippen molar-refractivity contribution in [1.82, 2.24) is 0 Å². The third kappa shape index (κ3) is 4.76. The number of ether oxygens (including phenoxy) is 1. The van der Waals surface area contributed by atoms with Crippen LogP contribution in [-0.2, 0) is 0 Å². The maximum atomic E-state index is 15.2. The van der Waals surface area contributed by atoms with E-state index in [-0.39, 0.29) is 40.6 Å². The lowest BCUT2D eigenvalue weighted by atomic mass is 9.76. The number of halogens is 5. The molecule has 0 atom stereocenters. The van der Waals surface area contributed by atoms with Crippen LogP contribution in [0.3, 0.4) is 0 Å². The predicted octanol–water partition coefficient (Wildman–Crippen LogP) is 10.2. The molecule has 0 radical (unpaired) electrons. The smallest absolute Gasteiger partial charge is 0.201 e. The molecular formula is C31H31F5O2. The first-order valence-electron chi connectivity index (χ1n) is 13.5. The molecule has 7 heteroatoms. The molecule has 5 rings (SSSR count). The molecule has 4 aromatic rings. The van der Waals surface area contributed by atoms with Gasteiger partial charge in [-0.1, -0.05) is 44.7 Å². The Morgan fingerprint density at radius 1 is 0.789 bits per heavy atom. The first-order valence-corrected chi connectivity index (χ1v) is 13.5. The molecule has 1 aliphatic carbocycles. The molecule has 0 N–H and O–H groups in total. The van der Waals surface area contributed by atoms with E-state index >= 15 is 13.2 Å². The fourth-order valence-electron chi connectivity index (χ4n) is 5.87. The first-order chi connectivity index (χ1) is 18.3. The van der Waals surface area contributed by atoms with E-state index < -0.39 is 39.9 Å². The van der Waals surface area contributed by atoms with Crippen molar-refractivity contribution in [3.05, 3.63) is 65.0 Å². The Hall–Kier alpha value is -3.09. The Morgan fingerprint density at radius 2 is 1.47 bits per heavy atom. The van der Waals surface area contributed by atoms with Gasteiger partial charge in [0.1, 0.15) is 17.0 Å². The van der Waals surface area contributed by atoms with Gasteiger partial charge in [0.15, 0.2) is 23.2 Å². The minimum absolute atomic E-state index is 0.0805. The van der Waals surface area contributed by atoms with E-state index in [0.29, 0.717) is 11.5 Å². The zero-order valence-corrected chi connectivity index (χ0v) is 21.6. The van der Waals surface area contributed by atoms with Gasteiger partial charge in [-0.05, 0) is 67.7 Å². The van der Waals surface area contributed by atoms with Gasteiger partial charge in [0.25, 0.3) is 0 Å². The summed E-state index contributed by atoms with van der Waals surface area (Å²) in [5.74, 6) is -5.41. The number of fused-ring (bicyclic) bond motifs is 3. The highest BCUT2D eigenvalue weighted by molar-refractivity contribution is 6.07. The van der Waals surface area contributed by atoms with Gasteiger partial charge in [-0.2, -0.15) is 4.39 Å². The Bertz CT molecular complexity index is 1470. The van der Waals surface area contributed by atoms with Crippen molar-refractivity contribution in [2.45, 2.75) is 71.1 Å². The lowest BCUT2D eigenvalue weighted by Crippen LogP contribution is -2.14. The normalized spacial score (nSPS) is 18.0. The van der Waals surface area contributed by atoms with E-state index in [1.54, 1.807) is 19.1 Å². The van der Waals surface area contributed by atoms with Crippen LogP contribution in [0.5, 0.6) is 5.75 Å². The second kappa shape index (κ2) is 11.0. The zero-order chi connectivity index (χ0) is 27.0. The van der Waals surface area contributed by atoms with Crippen LogP contribution in [0, 0.1) is 35.0 Å². The van der Waals surface area contributed by atoms with E-state index in [1.165, 1.54) is 37.8 Å². The molecule has 0 bridgehead atoms. The lowest BCUT2D eigenvalue weighted by Gasteiger charge is -2.29. The maximum Gasteiger partial charge on any atom is 0.201 e. The quantitative estimate of drug-likeness (QED) is 0.167. The van der Waals surface area contributed by atoms with E-state index in [0.717, 1.165) is 31.7 Å². The number of furan rings is 1. The third-order valence-corrected chi connectivity index (χ3v) is 7.89. The molecule has 0 saturated heterocycles. The maximum absolute atomic E-state index is 15.2. The van der Waals surface area contributed by atoms with Crippen molar-refractivity contribution >= 4 is 21.9 Å².